The number of hydrogen-bond acceptors (Lipinski definition) is 3. The quantitative estimate of drug-likeness (QED) is 0.729. The summed E-state index contributed by atoms with van der Waals surface area (Å²) in [5, 5.41) is 3.37. The number of hydrogen-bond donors (Lipinski definition) is 1. The molecule has 3 heteroatoms. The lowest BCUT2D eigenvalue weighted by Gasteiger charge is -2.22. The van der Waals surface area contributed by atoms with Crippen molar-refractivity contribution in [3.63, 3.8) is 0 Å². The van der Waals surface area contributed by atoms with Gasteiger partial charge in [0.1, 0.15) is 0 Å². The molecule has 1 unspecified atom stereocenters. The summed E-state index contributed by atoms with van der Waals surface area (Å²) in [6, 6.07) is 4.88. The van der Waals surface area contributed by atoms with Crippen LogP contribution in [0, 0.1) is 0 Å². The van der Waals surface area contributed by atoms with Gasteiger partial charge in [-0.25, -0.2) is 0 Å². The van der Waals surface area contributed by atoms with E-state index in [9.17, 15) is 0 Å². The Balaban J connectivity index is 2.29. The molecule has 0 aliphatic heterocycles. The fraction of sp³-hybridized carbons (Fsp3) is 0.667. The van der Waals surface area contributed by atoms with E-state index in [1.54, 1.807) is 0 Å². The van der Waals surface area contributed by atoms with Crippen molar-refractivity contribution in [1.29, 1.82) is 0 Å². The smallest absolute Gasteiger partial charge is 0.0271 e. The monoisotopic (exact) mass is 249 g/mol. The minimum absolute atomic E-state index is 0.671. The zero-order valence-corrected chi connectivity index (χ0v) is 12.0. The summed E-state index contributed by atoms with van der Waals surface area (Å²) in [4.78, 5) is 6.56. The van der Waals surface area contributed by atoms with Crippen molar-refractivity contribution in [3.05, 3.63) is 30.1 Å². The molecule has 1 rings (SSSR count). The van der Waals surface area contributed by atoms with E-state index in [1.165, 1.54) is 31.4 Å². The molecule has 102 valence electrons. The van der Waals surface area contributed by atoms with Crippen LogP contribution in [0.3, 0.4) is 0 Å². The highest BCUT2D eigenvalue weighted by Gasteiger charge is 2.06. The lowest BCUT2D eigenvalue weighted by atomic mass is 10.1. The van der Waals surface area contributed by atoms with E-state index in [1.807, 2.05) is 12.4 Å². The third-order valence-corrected chi connectivity index (χ3v) is 3.53. The van der Waals surface area contributed by atoms with Crippen LogP contribution in [-0.4, -0.2) is 36.1 Å². The van der Waals surface area contributed by atoms with Gasteiger partial charge < -0.3 is 5.32 Å². The zero-order chi connectivity index (χ0) is 13.2. The summed E-state index contributed by atoms with van der Waals surface area (Å²) >= 11 is 0. The van der Waals surface area contributed by atoms with Crippen LogP contribution in [-0.2, 0) is 6.54 Å². The summed E-state index contributed by atoms with van der Waals surface area (Å²) in [7, 11) is 2.06. The number of nitrogens with one attached hydrogen (secondary N) is 1. The molecule has 1 aromatic rings. The van der Waals surface area contributed by atoms with Crippen molar-refractivity contribution >= 4 is 0 Å². The SMILES string of the molecule is CCC(CCCN(CC)Cc1ccncc1)NC. The van der Waals surface area contributed by atoms with E-state index in [0.29, 0.717) is 6.04 Å². The first-order valence-electron chi connectivity index (χ1n) is 7.08. The van der Waals surface area contributed by atoms with Gasteiger partial charge >= 0.3 is 0 Å². The Labute approximate surface area is 112 Å². The Bertz CT molecular complexity index is 296. The van der Waals surface area contributed by atoms with Crippen LogP contribution in [0.15, 0.2) is 24.5 Å². The minimum atomic E-state index is 0.671. The summed E-state index contributed by atoms with van der Waals surface area (Å²) < 4.78 is 0. The molecule has 18 heavy (non-hydrogen) atoms. The van der Waals surface area contributed by atoms with Crippen LogP contribution in [0.25, 0.3) is 0 Å². The predicted molar refractivity (Wildman–Crippen MR) is 77.6 cm³/mol. The maximum atomic E-state index is 4.06. The van der Waals surface area contributed by atoms with E-state index >= 15 is 0 Å². The Morgan fingerprint density at radius 2 is 2.00 bits per heavy atom. The Hall–Kier alpha value is -0.930. The molecule has 0 aliphatic carbocycles. The lowest BCUT2D eigenvalue weighted by Crippen LogP contribution is -2.28. The zero-order valence-electron chi connectivity index (χ0n) is 12.0. The van der Waals surface area contributed by atoms with Crippen molar-refractivity contribution in [2.45, 2.75) is 45.7 Å². The molecule has 0 bridgehead atoms. The van der Waals surface area contributed by atoms with E-state index in [0.717, 1.165) is 13.1 Å². The molecular formula is C15H27N3. The van der Waals surface area contributed by atoms with Crippen LogP contribution in [0.2, 0.25) is 0 Å². The molecule has 0 saturated carbocycles. The average molecular weight is 249 g/mol. The molecule has 1 atom stereocenters. The average Bonchev–Trinajstić information content (AvgIpc) is 2.43. The Morgan fingerprint density at radius 1 is 1.28 bits per heavy atom. The molecule has 0 radical (unpaired) electrons. The third-order valence-electron chi connectivity index (χ3n) is 3.53. The highest BCUT2D eigenvalue weighted by atomic mass is 15.1. The van der Waals surface area contributed by atoms with Crippen molar-refractivity contribution in [1.82, 2.24) is 15.2 Å². The molecule has 3 nitrogen and oxygen atoms in total. The molecule has 1 aromatic heterocycles. The van der Waals surface area contributed by atoms with Gasteiger partial charge in [0.05, 0.1) is 0 Å². The second-order valence-electron chi connectivity index (χ2n) is 4.76. The fourth-order valence-electron chi connectivity index (χ4n) is 2.21. The Kier molecular flexibility index (Phi) is 7.62. The fourth-order valence-corrected chi connectivity index (χ4v) is 2.21. The van der Waals surface area contributed by atoms with Crippen molar-refractivity contribution < 1.29 is 0 Å². The summed E-state index contributed by atoms with van der Waals surface area (Å²) in [5.74, 6) is 0. The standard InChI is InChI=1S/C15H27N3/c1-4-15(16-3)7-6-12-18(5-2)13-14-8-10-17-11-9-14/h8-11,15-16H,4-7,12-13H2,1-3H3. The maximum Gasteiger partial charge on any atom is 0.0271 e. The predicted octanol–water partition coefficient (Wildman–Crippen LogP) is 2.68. The summed E-state index contributed by atoms with van der Waals surface area (Å²) in [5.41, 5.74) is 1.35. The first kappa shape index (κ1) is 15.1. The molecule has 0 saturated heterocycles. The van der Waals surface area contributed by atoms with Gasteiger partial charge in [-0.15, -0.1) is 0 Å². The normalized spacial score (nSPS) is 12.9. The highest BCUT2D eigenvalue weighted by molar-refractivity contribution is 5.09. The van der Waals surface area contributed by atoms with E-state index in [-0.39, 0.29) is 0 Å². The summed E-state index contributed by atoms with van der Waals surface area (Å²) in [6.45, 7) is 7.80. The number of nitrogens with zero attached hydrogens (tertiary/aromatic N) is 2. The number of pyridine rings is 1. The van der Waals surface area contributed by atoms with Gasteiger partial charge in [0, 0.05) is 25.0 Å². The van der Waals surface area contributed by atoms with Gasteiger partial charge in [-0.05, 0) is 57.1 Å². The van der Waals surface area contributed by atoms with Crippen LogP contribution < -0.4 is 5.32 Å². The molecule has 0 fully saturated rings. The first-order valence-corrected chi connectivity index (χ1v) is 7.08. The van der Waals surface area contributed by atoms with Crippen molar-refractivity contribution in [2.75, 3.05) is 20.1 Å². The van der Waals surface area contributed by atoms with Gasteiger partial charge in [-0.2, -0.15) is 0 Å². The molecule has 0 amide bonds. The van der Waals surface area contributed by atoms with Crippen molar-refractivity contribution in [3.8, 4) is 0 Å². The van der Waals surface area contributed by atoms with Crippen LogP contribution >= 0.6 is 0 Å². The Morgan fingerprint density at radius 3 is 2.56 bits per heavy atom. The topological polar surface area (TPSA) is 28.2 Å². The third kappa shape index (κ3) is 5.61. The molecule has 1 N–H and O–H groups in total. The van der Waals surface area contributed by atoms with E-state index in [2.05, 4.69) is 48.2 Å². The van der Waals surface area contributed by atoms with Gasteiger partial charge in [0.25, 0.3) is 0 Å². The van der Waals surface area contributed by atoms with E-state index < -0.39 is 0 Å². The highest BCUT2D eigenvalue weighted by Crippen LogP contribution is 2.07. The summed E-state index contributed by atoms with van der Waals surface area (Å²) in [6.07, 6.45) is 7.49. The second-order valence-corrected chi connectivity index (χ2v) is 4.76. The van der Waals surface area contributed by atoms with Crippen LogP contribution in [0.5, 0.6) is 0 Å². The van der Waals surface area contributed by atoms with Crippen LogP contribution in [0.1, 0.15) is 38.7 Å². The minimum Gasteiger partial charge on any atom is -0.317 e. The maximum absolute atomic E-state index is 4.06. The van der Waals surface area contributed by atoms with Gasteiger partial charge in [-0.1, -0.05) is 13.8 Å². The molecule has 1 heterocycles. The van der Waals surface area contributed by atoms with Crippen LogP contribution in [0.4, 0.5) is 0 Å². The van der Waals surface area contributed by atoms with Gasteiger partial charge in [-0.3, -0.25) is 9.88 Å². The molecular weight excluding hydrogens is 222 g/mol. The largest absolute Gasteiger partial charge is 0.317 e. The number of aromatic nitrogens is 1. The number of rotatable bonds is 9. The molecule has 0 aliphatic rings. The molecule has 0 spiro atoms. The second kappa shape index (κ2) is 9.06. The van der Waals surface area contributed by atoms with Gasteiger partial charge in [0.2, 0.25) is 0 Å². The van der Waals surface area contributed by atoms with E-state index in [4.69, 9.17) is 0 Å². The first-order chi connectivity index (χ1) is 8.80. The lowest BCUT2D eigenvalue weighted by molar-refractivity contribution is 0.267. The van der Waals surface area contributed by atoms with Gasteiger partial charge in [0.15, 0.2) is 0 Å². The molecule has 0 aromatic carbocycles. The van der Waals surface area contributed by atoms with Crippen molar-refractivity contribution in [2.24, 2.45) is 0 Å².